The highest BCUT2D eigenvalue weighted by atomic mass is 16.5. The molecular formula is C27H28N2O4. The Bertz CT molecular complexity index is 1160. The molecule has 0 radical (unpaired) electrons. The van der Waals surface area contributed by atoms with E-state index >= 15 is 0 Å². The molecule has 33 heavy (non-hydrogen) atoms. The second-order valence-electron chi connectivity index (χ2n) is 8.34. The standard InChI is InChI=1S/C27H28N2O4/c1-32-24-12-5-4-10-23(24)25(22-11-6-8-20-7-2-3-9-21(20)22)27(19-28,26(30)31)13-14-29-15-17-33-18-16-29/h2-12,25H,13-18H2,1H3,(H,30,31). The number of morpholine rings is 1. The van der Waals surface area contributed by atoms with E-state index in [1.165, 1.54) is 0 Å². The van der Waals surface area contributed by atoms with Gasteiger partial charge in [0.15, 0.2) is 5.41 Å². The van der Waals surface area contributed by atoms with Crippen LogP contribution in [-0.2, 0) is 9.53 Å². The zero-order valence-corrected chi connectivity index (χ0v) is 18.7. The number of aliphatic carboxylic acids is 1. The molecule has 1 aliphatic heterocycles. The molecule has 170 valence electrons. The van der Waals surface area contributed by atoms with Crippen LogP contribution in [0.3, 0.4) is 0 Å². The molecule has 6 nitrogen and oxygen atoms in total. The summed E-state index contributed by atoms with van der Waals surface area (Å²) < 4.78 is 11.1. The number of carbonyl (C=O) groups is 1. The molecule has 0 spiro atoms. The minimum absolute atomic E-state index is 0.185. The van der Waals surface area contributed by atoms with E-state index in [0.717, 1.165) is 29.4 Å². The highest BCUT2D eigenvalue weighted by Gasteiger charge is 2.49. The third-order valence-electron chi connectivity index (χ3n) is 6.58. The van der Waals surface area contributed by atoms with E-state index in [9.17, 15) is 15.2 Å². The second-order valence-corrected chi connectivity index (χ2v) is 8.34. The number of carboxylic acid groups (broad SMARTS) is 1. The fourth-order valence-corrected chi connectivity index (χ4v) is 4.81. The molecular weight excluding hydrogens is 416 g/mol. The first kappa shape index (κ1) is 22.8. The van der Waals surface area contributed by atoms with Gasteiger partial charge in [0.2, 0.25) is 0 Å². The number of para-hydroxylation sites is 1. The molecule has 1 fully saturated rings. The number of ether oxygens (including phenoxy) is 2. The zero-order valence-electron chi connectivity index (χ0n) is 18.7. The average molecular weight is 445 g/mol. The van der Waals surface area contributed by atoms with Crippen molar-refractivity contribution in [2.45, 2.75) is 12.3 Å². The molecule has 1 aliphatic rings. The molecule has 0 aromatic heterocycles. The lowest BCUT2D eigenvalue weighted by atomic mass is 9.66. The van der Waals surface area contributed by atoms with Crippen molar-refractivity contribution in [3.8, 4) is 11.8 Å². The Kier molecular flexibility index (Phi) is 6.93. The first-order valence-corrected chi connectivity index (χ1v) is 11.2. The van der Waals surface area contributed by atoms with Gasteiger partial charge in [-0.25, -0.2) is 0 Å². The van der Waals surface area contributed by atoms with Gasteiger partial charge in [-0.15, -0.1) is 0 Å². The van der Waals surface area contributed by atoms with Gasteiger partial charge in [-0.2, -0.15) is 5.26 Å². The van der Waals surface area contributed by atoms with Crippen LogP contribution in [0.15, 0.2) is 66.7 Å². The summed E-state index contributed by atoms with van der Waals surface area (Å²) in [6, 6.07) is 23.4. The predicted octanol–water partition coefficient (Wildman–Crippen LogP) is 4.30. The predicted molar refractivity (Wildman–Crippen MR) is 126 cm³/mol. The largest absolute Gasteiger partial charge is 0.496 e. The number of rotatable bonds is 8. The molecule has 0 saturated carbocycles. The maximum atomic E-state index is 12.9. The lowest BCUT2D eigenvalue weighted by Crippen LogP contribution is -2.43. The summed E-state index contributed by atoms with van der Waals surface area (Å²) >= 11 is 0. The summed E-state index contributed by atoms with van der Waals surface area (Å²) in [6.07, 6.45) is 0.185. The monoisotopic (exact) mass is 444 g/mol. The van der Waals surface area contributed by atoms with Gasteiger partial charge < -0.3 is 14.6 Å². The van der Waals surface area contributed by atoms with E-state index in [1.54, 1.807) is 7.11 Å². The molecule has 0 bridgehead atoms. The van der Waals surface area contributed by atoms with Gasteiger partial charge in [0.25, 0.3) is 0 Å². The first-order chi connectivity index (χ1) is 16.1. The molecule has 0 aliphatic carbocycles. The molecule has 4 rings (SSSR count). The maximum Gasteiger partial charge on any atom is 0.325 e. The van der Waals surface area contributed by atoms with Crippen molar-refractivity contribution in [2.24, 2.45) is 5.41 Å². The van der Waals surface area contributed by atoms with Crippen LogP contribution in [0.2, 0.25) is 0 Å². The maximum absolute atomic E-state index is 12.9. The molecule has 1 saturated heterocycles. The molecule has 3 aromatic rings. The van der Waals surface area contributed by atoms with Crippen LogP contribution in [-0.4, -0.2) is 55.9 Å². The Balaban J connectivity index is 1.91. The van der Waals surface area contributed by atoms with Crippen LogP contribution >= 0.6 is 0 Å². The first-order valence-electron chi connectivity index (χ1n) is 11.2. The number of nitriles is 1. The van der Waals surface area contributed by atoms with Gasteiger partial charge in [0.05, 0.1) is 26.4 Å². The Labute approximate surface area is 194 Å². The van der Waals surface area contributed by atoms with Gasteiger partial charge in [-0.3, -0.25) is 9.69 Å². The minimum Gasteiger partial charge on any atom is -0.496 e. The Morgan fingerprint density at radius 1 is 1.09 bits per heavy atom. The minimum atomic E-state index is -1.68. The fourth-order valence-electron chi connectivity index (χ4n) is 4.81. The lowest BCUT2D eigenvalue weighted by molar-refractivity contribution is -0.147. The summed E-state index contributed by atoms with van der Waals surface area (Å²) in [5.41, 5.74) is -0.178. The number of methoxy groups -OCH3 is 1. The average Bonchev–Trinajstić information content (AvgIpc) is 2.87. The number of carboxylic acids is 1. The number of benzene rings is 3. The van der Waals surface area contributed by atoms with E-state index in [0.29, 0.717) is 31.1 Å². The Morgan fingerprint density at radius 3 is 2.48 bits per heavy atom. The van der Waals surface area contributed by atoms with Gasteiger partial charge >= 0.3 is 5.97 Å². The molecule has 6 heteroatoms. The van der Waals surface area contributed by atoms with Crippen molar-refractivity contribution < 1.29 is 19.4 Å². The number of hydrogen-bond donors (Lipinski definition) is 1. The van der Waals surface area contributed by atoms with E-state index in [1.807, 2.05) is 66.7 Å². The van der Waals surface area contributed by atoms with Crippen LogP contribution in [0.5, 0.6) is 5.75 Å². The van der Waals surface area contributed by atoms with Gasteiger partial charge in [-0.1, -0.05) is 60.7 Å². The van der Waals surface area contributed by atoms with E-state index in [4.69, 9.17) is 9.47 Å². The summed E-state index contributed by atoms with van der Waals surface area (Å²) in [4.78, 5) is 15.1. The van der Waals surface area contributed by atoms with Crippen LogP contribution in [0, 0.1) is 16.7 Å². The molecule has 1 N–H and O–H groups in total. The highest BCUT2D eigenvalue weighted by Crippen LogP contribution is 2.48. The van der Waals surface area contributed by atoms with Crippen molar-refractivity contribution in [3.05, 3.63) is 77.9 Å². The van der Waals surface area contributed by atoms with Crippen LogP contribution in [0.1, 0.15) is 23.5 Å². The van der Waals surface area contributed by atoms with Gasteiger partial charge in [0.1, 0.15) is 5.75 Å². The quantitative estimate of drug-likeness (QED) is 0.558. The Hall–Kier alpha value is -3.40. The van der Waals surface area contributed by atoms with E-state index in [-0.39, 0.29) is 6.42 Å². The van der Waals surface area contributed by atoms with Crippen molar-refractivity contribution >= 4 is 16.7 Å². The lowest BCUT2D eigenvalue weighted by Gasteiger charge is -2.36. The van der Waals surface area contributed by atoms with E-state index < -0.39 is 17.3 Å². The van der Waals surface area contributed by atoms with Gasteiger partial charge in [-0.05, 0) is 28.8 Å². The summed E-state index contributed by atoms with van der Waals surface area (Å²) in [5, 5.41) is 23.0. The van der Waals surface area contributed by atoms with Crippen molar-refractivity contribution in [1.29, 1.82) is 5.26 Å². The molecule has 1 heterocycles. The van der Waals surface area contributed by atoms with Crippen LogP contribution in [0.25, 0.3) is 10.8 Å². The zero-order chi connectivity index (χ0) is 23.3. The SMILES string of the molecule is COc1ccccc1C(c1cccc2ccccc12)C(C#N)(CCN1CCOCC1)C(=O)O. The van der Waals surface area contributed by atoms with E-state index in [2.05, 4.69) is 11.0 Å². The third-order valence-corrected chi connectivity index (χ3v) is 6.58. The molecule has 2 unspecified atom stereocenters. The summed E-state index contributed by atoms with van der Waals surface area (Å²) in [7, 11) is 1.57. The van der Waals surface area contributed by atoms with Crippen LogP contribution in [0.4, 0.5) is 0 Å². The third kappa shape index (κ3) is 4.43. The summed E-state index contributed by atoms with van der Waals surface area (Å²) in [6.45, 7) is 3.20. The number of fused-ring (bicyclic) bond motifs is 1. The fraction of sp³-hybridized carbons (Fsp3) is 0.333. The number of nitrogens with zero attached hydrogens (tertiary/aromatic N) is 2. The Morgan fingerprint density at radius 2 is 1.76 bits per heavy atom. The van der Waals surface area contributed by atoms with Crippen molar-refractivity contribution in [3.63, 3.8) is 0 Å². The topological polar surface area (TPSA) is 82.8 Å². The number of hydrogen-bond acceptors (Lipinski definition) is 5. The van der Waals surface area contributed by atoms with Crippen LogP contribution < -0.4 is 4.74 Å². The van der Waals surface area contributed by atoms with Gasteiger partial charge in [0, 0.05) is 31.1 Å². The van der Waals surface area contributed by atoms with Crippen molar-refractivity contribution in [1.82, 2.24) is 4.90 Å². The molecule has 3 aromatic carbocycles. The summed E-state index contributed by atoms with van der Waals surface area (Å²) in [5.74, 6) is -1.27. The molecule has 2 atom stereocenters. The smallest absolute Gasteiger partial charge is 0.325 e. The highest BCUT2D eigenvalue weighted by molar-refractivity contribution is 5.89. The molecule has 0 amide bonds. The second kappa shape index (κ2) is 10.0. The van der Waals surface area contributed by atoms with Crippen molar-refractivity contribution in [2.75, 3.05) is 40.0 Å². The normalized spacial score (nSPS) is 17.1.